The Labute approximate surface area is 270 Å². The highest BCUT2D eigenvalue weighted by Crippen LogP contribution is 2.30. The van der Waals surface area contributed by atoms with Crippen LogP contribution < -0.4 is 5.32 Å². The molecular formula is C33H24Cl2N2O7S. The molecule has 2 heterocycles. The molecular weight excluding hydrogens is 639 g/mol. The molecule has 9 nitrogen and oxygen atoms in total. The minimum atomic E-state index is -1.69. The number of aliphatic carboxylic acids is 1. The topological polar surface area (TPSA) is 143 Å². The second-order valence-electron chi connectivity index (χ2n) is 10.1. The van der Waals surface area contributed by atoms with Gasteiger partial charge < -0.3 is 15.5 Å². The summed E-state index contributed by atoms with van der Waals surface area (Å²) in [7, 11) is 0. The zero-order chi connectivity index (χ0) is 32.2. The quantitative estimate of drug-likeness (QED) is 0.134. The van der Waals surface area contributed by atoms with Crippen molar-refractivity contribution >= 4 is 74.8 Å². The van der Waals surface area contributed by atoms with E-state index in [9.17, 15) is 34.2 Å². The number of thiophene rings is 1. The average Bonchev–Trinajstić information content (AvgIpc) is 3.68. The van der Waals surface area contributed by atoms with Gasteiger partial charge in [-0.25, -0.2) is 4.79 Å². The van der Waals surface area contributed by atoms with Crippen molar-refractivity contribution in [2.45, 2.75) is 25.3 Å². The van der Waals surface area contributed by atoms with Crippen LogP contribution in [0.5, 0.6) is 5.75 Å². The van der Waals surface area contributed by atoms with E-state index in [0.29, 0.717) is 22.2 Å². The number of aromatic hydroxyl groups is 1. The Morgan fingerprint density at radius 2 is 1.60 bits per heavy atom. The summed E-state index contributed by atoms with van der Waals surface area (Å²) in [5.74, 6) is -3.82. The number of nitrogens with one attached hydrogen (secondary N) is 1. The Morgan fingerprint density at radius 1 is 0.867 bits per heavy atom. The summed E-state index contributed by atoms with van der Waals surface area (Å²) in [6, 6.07) is 19.0. The molecule has 0 spiro atoms. The number of carboxylic acids is 1. The van der Waals surface area contributed by atoms with Crippen LogP contribution in [0.2, 0.25) is 10.0 Å². The maximum atomic E-state index is 13.4. The van der Waals surface area contributed by atoms with Gasteiger partial charge in [-0.2, -0.15) is 0 Å². The van der Waals surface area contributed by atoms with Crippen LogP contribution in [-0.4, -0.2) is 50.2 Å². The smallest absolute Gasteiger partial charge is 0.326 e. The normalized spacial score (nSPS) is 11.7. The lowest BCUT2D eigenvalue weighted by Crippen LogP contribution is -2.43. The van der Waals surface area contributed by atoms with Gasteiger partial charge in [-0.3, -0.25) is 23.7 Å². The summed E-state index contributed by atoms with van der Waals surface area (Å²) in [5.41, 5.74) is 1.08. The maximum absolute atomic E-state index is 13.4. The first-order valence-electron chi connectivity index (χ1n) is 13.6. The number of phenolic OH excluding ortho intramolecular Hbond substituents is 1. The SMILES string of the molecule is O=C(CCc1cccc(O)c1)c1cc(Cl)c(C(=O)CC(NC(=O)c2cc3ccccc3n2C(=O)c2cccs2)C(=O)O)c(Cl)c1. The monoisotopic (exact) mass is 662 g/mol. The van der Waals surface area contributed by atoms with Gasteiger partial charge in [-0.15, -0.1) is 11.3 Å². The number of ketones is 2. The van der Waals surface area contributed by atoms with Crippen LogP contribution in [0.1, 0.15) is 59.3 Å². The lowest BCUT2D eigenvalue weighted by Gasteiger charge is -2.16. The maximum Gasteiger partial charge on any atom is 0.326 e. The third-order valence-electron chi connectivity index (χ3n) is 7.07. The highest BCUT2D eigenvalue weighted by Gasteiger charge is 2.30. The number of benzene rings is 3. The first kappa shape index (κ1) is 31.6. The highest BCUT2D eigenvalue weighted by atomic mass is 35.5. The molecule has 0 radical (unpaired) electrons. The number of aryl methyl sites for hydroxylation is 1. The number of carbonyl (C=O) groups is 5. The number of para-hydroxylation sites is 1. The summed E-state index contributed by atoms with van der Waals surface area (Å²) < 4.78 is 1.21. The Morgan fingerprint density at radius 3 is 2.27 bits per heavy atom. The molecule has 0 aliphatic heterocycles. The zero-order valence-electron chi connectivity index (χ0n) is 23.3. The van der Waals surface area contributed by atoms with Crippen molar-refractivity contribution in [3.63, 3.8) is 0 Å². The molecule has 12 heteroatoms. The number of aromatic nitrogens is 1. The van der Waals surface area contributed by atoms with Crippen LogP contribution in [0, 0.1) is 0 Å². The lowest BCUT2D eigenvalue weighted by atomic mass is 9.98. The minimum Gasteiger partial charge on any atom is -0.508 e. The zero-order valence-corrected chi connectivity index (χ0v) is 25.7. The second kappa shape index (κ2) is 13.5. The van der Waals surface area contributed by atoms with Crippen molar-refractivity contribution in [3.05, 3.63) is 122 Å². The van der Waals surface area contributed by atoms with Crippen molar-refractivity contribution in [2.24, 2.45) is 0 Å². The van der Waals surface area contributed by atoms with Crippen LogP contribution in [0.15, 0.2) is 84.2 Å². The standard InChI is InChI=1S/C33H24Cl2N2O7S/c34-22-14-20(27(39)11-10-18-5-3-7-21(38)13-18)15-23(35)30(22)28(40)17-24(33(43)44)36-31(41)26-16-19-6-1-2-8-25(19)37(26)32(42)29-9-4-12-45-29/h1-9,12-16,24,38H,10-11,17H2,(H,36,41)(H,43,44). The van der Waals surface area contributed by atoms with Crippen molar-refractivity contribution in [2.75, 3.05) is 0 Å². The third-order valence-corrected chi connectivity index (χ3v) is 8.52. The molecule has 3 N–H and O–H groups in total. The van der Waals surface area contributed by atoms with Gasteiger partial charge in [0.2, 0.25) is 0 Å². The molecule has 0 aliphatic rings. The fourth-order valence-electron chi connectivity index (χ4n) is 4.89. The first-order chi connectivity index (χ1) is 21.5. The predicted molar refractivity (Wildman–Crippen MR) is 171 cm³/mol. The van der Waals surface area contributed by atoms with E-state index in [-0.39, 0.29) is 44.8 Å². The number of carbonyl (C=O) groups excluding carboxylic acids is 4. The first-order valence-corrected chi connectivity index (χ1v) is 15.2. The molecule has 0 saturated heterocycles. The molecule has 1 amide bonds. The number of phenols is 1. The number of halogens is 2. The van der Waals surface area contributed by atoms with Gasteiger partial charge in [0.1, 0.15) is 17.5 Å². The number of nitrogens with zero attached hydrogens (tertiary/aromatic N) is 1. The largest absolute Gasteiger partial charge is 0.508 e. The summed E-state index contributed by atoms with van der Waals surface area (Å²) in [6.07, 6.45) is -0.270. The molecule has 45 heavy (non-hydrogen) atoms. The van der Waals surface area contributed by atoms with Crippen LogP contribution in [-0.2, 0) is 11.2 Å². The van der Waals surface area contributed by atoms with E-state index in [1.807, 2.05) is 0 Å². The molecule has 3 aromatic carbocycles. The van der Waals surface area contributed by atoms with Gasteiger partial charge in [0.15, 0.2) is 11.6 Å². The Bertz CT molecular complexity index is 1940. The third kappa shape index (κ3) is 6.99. The summed E-state index contributed by atoms with van der Waals surface area (Å²) >= 11 is 13.9. The van der Waals surface area contributed by atoms with E-state index < -0.39 is 36.0 Å². The van der Waals surface area contributed by atoms with Gasteiger partial charge >= 0.3 is 5.97 Å². The molecule has 1 unspecified atom stereocenters. The molecule has 0 fully saturated rings. The van der Waals surface area contributed by atoms with E-state index in [1.54, 1.807) is 60.0 Å². The molecule has 0 bridgehead atoms. The van der Waals surface area contributed by atoms with Crippen molar-refractivity contribution in [3.8, 4) is 5.75 Å². The Balaban J connectivity index is 1.34. The van der Waals surface area contributed by atoms with E-state index >= 15 is 0 Å². The summed E-state index contributed by atoms with van der Waals surface area (Å²) in [6.45, 7) is 0. The van der Waals surface area contributed by atoms with Gasteiger partial charge in [-0.05, 0) is 59.8 Å². The van der Waals surface area contributed by atoms with E-state index in [0.717, 1.165) is 5.56 Å². The molecule has 228 valence electrons. The molecule has 0 aliphatic carbocycles. The average molecular weight is 664 g/mol. The van der Waals surface area contributed by atoms with Crippen LogP contribution in [0.25, 0.3) is 10.9 Å². The van der Waals surface area contributed by atoms with Crippen molar-refractivity contribution in [1.82, 2.24) is 9.88 Å². The van der Waals surface area contributed by atoms with E-state index in [2.05, 4.69) is 5.32 Å². The number of amides is 1. The van der Waals surface area contributed by atoms with Crippen LogP contribution in [0.4, 0.5) is 0 Å². The predicted octanol–water partition coefficient (Wildman–Crippen LogP) is 6.68. The van der Waals surface area contributed by atoms with Gasteiger partial charge in [0.25, 0.3) is 11.8 Å². The highest BCUT2D eigenvalue weighted by molar-refractivity contribution is 7.12. The molecule has 1 atom stereocenters. The van der Waals surface area contributed by atoms with Crippen molar-refractivity contribution < 1.29 is 34.2 Å². The fraction of sp³-hybridized carbons (Fsp3) is 0.121. The summed E-state index contributed by atoms with van der Waals surface area (Å²) in [5, 5.41) is 23.9. The number of hydrogen-bond acceptors (Lipinski definition) is 7. The number of carboxylic acid groups (broad SMARTS) is 1. The van der Waals surface area contributed by atoms with Gasteiger partial charge in [0.05, 0.1) is 26.0 Å². The fourth-order valence-corrected chi connectivity index (χ4v) is 6.24. The van der Waals surface area contributed by atoms with Gasteiger partial charge in [-0.1, -0.05) is 59.6 Å². The van der Waals surface area contributed by atoms with Crippen molar-refractivity contribution in [1.29, 1.82) is 0 Å². The number of fused-ring (bicyclic) bond motifs is 1. The summed E-state index contributed by atoms with van der Waals surface area (Å²) in [4.78, 5) is 65.4. The minimum absolute atomic E-state index is 0.0824. The molecule has 2 aromatic heterocycles. The Kier molecular flexibility index (Phi) is 9.48. The lowest BCUT2D eigenvalue weighted by molar-refractivity contribution is -0.139. The number of rotatable bonds is 11. The Hall–Kier alpha value is -4.77. The number of hydrogen-bond donors (Lipinski definition) is 3. The van der Waals surface area contributed by atoms with Crippen LogP contribution >= 0.6 is 34.5 Å². The van der Waals surface area contributed by atoms with Gasteiger partial charge in [0, 0.05) is 23.8 Å². The van der Waals surface area contributed by atoms with E-state index in [4.69, 9.17) is 23.2 Å². The molecule has 0 saturated carbocycles. The van der Waals surface area contributed by atoms with Crippen LogP contribution in [0.3, 0.4) is 0 Å². The number of Topliss-reactive ketones (excluding diaryl/α,β-unsaturated/α-hetero) is 2. The second-order valence-corrected chi connectivity index (χ2v) is 11.9. The molecule has 5 rings (SSSR count). The molecule has 5 aromatic rings. The van der Waals surface area contributed by atoms with E-state index in [1.165, 1.54) is 40.2 Å².